The van der Waals surface area contributed by atoms with E-state index in [1.54, 1.807) is 6.92 Å². The predicted molar refractivity (Wildman–Crippen MR) is 84.2 cm³/mol. The van der Waals surface area contributed by atoms with Gasteiger partial charge in [-0.1, -0.05) is 30.3 Å². The molecule has 0 unspecified atom stereocenters. The second-order valence-corrected chi connectivity index (χ2v) is 4.57. The molecule has 0 saturated heterocycles. The summed E-state index contributed by atoms with van der Waals surface area (Å²) in [5.41, 5.74) is 1.02. The minimum absolute atomic E-state index is 0.102. The van der Waals surface area contributed by atoms with Crippen molar-refractivity contribution < 1.29 is 19.4 Å². The lowest BCUT2D eigenvalue weighted by atomic mass is 10.2. The summed E-state index contributed by atoms with van der Waals surface area (Å²) in [5, 5.41) is 20.5. The van der Waals surface area contributed by atoms with Crippen LogP contribution in [0.4, 0.5) is 0 Å². The van der Waals surface area contributed by atoms with Crippen LogP contribution >= 0.6 is 0 Å². The lowest BCUT2D eigenvalue weighted by Gasteiger charge is -2.07. The number of hydroxylamine groups is 1. The Morgan fingerprint density at radius 3 is 2.78 bits per heavy atom. The maximum atomic E-state index is 12.0. The van der Waals surface area contributed by atoms with Crippen molar-refractivity contribution in [1.29, 1.82) is 0 Å². The number of hydrogen-bond donors (Lipinski definition) is 1. The molecule has 120 valence electrons. The van der Waals surface area contributed by atoms with Crippen molar-refractivity contribution in [3.8, 4) is 11.4 Å². The Morgan fingerprint density at radius 1 is 1.39 bits per heavy atom. The molecule has 0 bridgehead atoms. The molecule has 0 aliphatic heterocycles. The Labute approximate surface area is 133 Å². The van der Waals surface area contributed by atoms with Crippen molar-refractivity contribution in [2.24, 2.45) is 0 Å². The van der Waals surface area contributed by atoms with Crippen LogP contribution in [0.25, 0.3) is 11.4 Å². The quantitative estimate of drug-likeness (QED) is 0.283. The summed E-state index contributed by atoms with van der Waals surface area (Å²) >= 11 is 0. The molecule has 0 saturated carbocycles. The molecule has 0 aliphatic rings. The van der Waals surface area contributed by atoms with Gasteiger partial charge in [0, 0.05) is 11.8 Å². The Kier molecular flexibility index (Phi) is 5.76. The lowest BCUT2D eigenvalue weighted by molar-refractivity contribution is -0.455. The van der Waals surface area contributed by atoms with E-state index in [1.807, 2.05) is 30.3 Å². The minimum Gasteiger partial charge on any atom is -0.624 e. The number of carbonyl (C=O) groups excluding carboxylic acids is 1. The molecule has 7 heteroatoms. The van der Waals surface area contributed by atoms with E-state index in [4.69, 9.17) is 9.84 Å². The highest BCUT2D eigenvalue weighted by atomic mass is 16.5. The Morgan fingerprint density at radius 2 is 2.13 bits per heavy atom. The number of esters is 1. The Hall–Kier alpha value is -2.80. The molecule has 1 aromatic carbocycles. The molecule has 1 N–H and O–H groups in total. The third-order valence-electron chi connectivity index (χ3n) is 2.93. The van der Waals surface area contributed by atoms with Crippen LogP contribution in [0.3, 0.4) is 0 Å². The average molecular weight is 315 g/mol. The molecule has 0 radical (unpaired) electrons. The third-order valence-corrected chi connectivity index (χ3v) is 2.93. The van der Waals surface area contributed by atoms with Crippen LogP contribution in [0, 0.1) is 5.21 Å². The highest BCUT2D eigenvalue weighted by Crippen LogP contribution is 2.16. The van der Waals surface area contributed by atoms with Crippen LogP contribution in [-0.4, -0.2) is 51.8 Å². The molecule has 7 nitrogen and oxygen atoms in total. The number of ether oxygens (including phenoxy) is 1. The van der Waals surface area contributed by atoms with E-state index >= 15 is 0 Å². The van der Waals surface area contributed by atoms with Crippen molar-refractivity contribution in [2.75, 3.05) is 19.8 Å². The number of aromatic nitrogens is 2. The van der Waals surface area contributed by atoms with Gasteiger partial charge in [0.15, 0.2) is 12.4 Å². The zero-order valence-corrected chi connectivity index (χ0v) is 12.7. The number of carbonyl (C=O) groups is 1. The first kappa shape index (κ1) is 16.6. The number of hydrogen-bond acceptors (Lipinski definition) is 6. The molecule has 0 amide bonds. The number of nitrogens with zero attached hydrogens (tertiary/aromatic N) is 3. The zero-order chi connectivity index (χ0) is 16.7. The molecule has 0 aliphatic carbocycles. The summed E-state index contributed by atoms with van der Waals surface area (Å²) in [4.78, 5) is 20.4. The van der Waals surface area contributed by atoms with E-state index in [2.05, 4.69) is 9.97 Å². The third kappa shape index (κ3) is 4.33. The van der Waals surface area contributed by atoms with Crippen molar-refractivity contribution >= 4 is 12.2 Å². The molecule has 0 atom stereocenters. The summed E-state index contributed by atoms with van der Waals surface area (Å²) < 4.78 is 5.46. The fourth-order valence-corrected chi connectivity index (χ4v) is 1.89. The van der Waals surface area contributed by atoms with Crippen LogP contribution in [0.2, 0.25) is 0 Å². The SMILES string of the molecule is CCOC(=O)c1cnc(-c2ccccc2)nc1C=[N+]([O-])CCO. The summed E-state index contributed by atoms with van der Waals surface area (Å²) in [6.45, 7) is 1.47. The maximum Gasteiger partial charge on any atom is 0.342 e. The fraction of sp³-hybridized carbons (Fsp3) is 0.250. The first-order valence-corrected chi connectivity index (χ1v) is 7.14. The van der Waals surface area contributed by atoms with Gasteiger partial charge in [-0.2, -0.15) is 0 Å². The van der Waals surface area contributed by atoms with Crippen molar-refractivity contribution in [1.82, 2.24) is 9.97 Å². The van der Waals surface area contributed by atoms with Gasteiger partial charge in [-0.05, 0) is 6.92 Å². The van der Waals surface area contributed by atoms with Crippen molar-refractivity contribution in [2.45, 2.75) is 6.92 Å². The standard InChI is InChI=1S/C16H17N3O4/c1-2-23-16(21)13-10-17-15(12-6-4-3-5-7-12)18-14(13)11-19(22)8-9-20/h3-7,10-11,20H,2,8-9H2,1H3. The molecule has 1 heterocycles. The van der Waals surface area contributed by atoms with Gasteiger partial charge in [-0.3, -0.25) is 0 Å². The van der Waals surface area contributed by atoms with Crippen molar-refractivity contribution in [3.63, 3.8) is 0 Å². The molecule has 2 aromatic rings. The van der Waals surface area contributed by atoms with E-state index in [0.717, 1.165) is 11.8 Å². The van der Waals surface area contributed by atoms with Gasteiger partial charge in [-0.25, -0.2) is 19.5 Å². The number of benzene rings is 1. The second-order valence-electron chi connectivity index (χ2n) is 4.57. The molecule has 0 fully saturated rings. The number of rotatable bonds is 6. The monoisotopic (exact) mass is 315 g/mol. The van der Waals surface area contributed by atoms with E-state index in [1.165, 1.54) is 6.20 Å². The van der Waals surface area contributed by atoms with E-state index in [-0.39, 0.29) is 31.0 Å². The Bertz CT molecular complexity index is 702. The fourth-order valence-electron chi connectivity index (χ4n) is 1.89. The second kappa shape index (κ2) is 8.00. The predicted octanol–water partition coefficient (Wildman–Crippen LogP) is 1.24. The van der Waals surface area contributed by atoms with Gasteiger partial charge in [0.25, 0.3) is 0 Å². The summed E-state index contributed by atoms with van der Waals surface area (Å²) in [7, 11) is 0. The van der Waals surface area contributed by atoms with Crippen molar-refractivity contribution in [3.05, 3.63) is 53.0 Å². The number of aliphatic hydroxyl groups excluding tert-OH is 1. The van der Waals surface area contributed by atoms with Gasteiger partial charge < -0.3 is 15.1 Å². The molecule has 23 heavy (non-hydrogen) atoms. The van der Waals surface area contributed by atoms with E-state index in [0.29, 0.717) is 10.6 Å². The zero-order valence-electron chi connectivity index (χ0n) is 12.7. The minimum atomic E-state index is -0.601. The van der Waals surface area contributed by atoms with Crippen LogP contribution in [-0.2, 0) is 4.74 Å². The van der Waals surface area contributed by atoms with Crippen LogP contribution < -0.4 is 0 Å². The van der Waals surface area contributed by atoms with Gasteiger partial charge in [0.2, 0.25) is 6.21 Å². The van der Waals surface area contributed by atoms with Gasteiger partial charge in [0.05, 0.1) is 6.61 Å². The molecule has 1 aromatic heterocycles. The summed E-state index contributed by atoms with van der Waals surface area (Å²) in [6.07, 6.45) is 2.49. The Balaban J connectivity index is 2.48. The van der Waals surface area contributed by atoms with Gasteiger partial charge in [0.1, 0.15) is 17.9 Å². The molecular weight excluding hydrogens is 298 g/mol. The summed E-state index contributed by atoms with van der Waals surface area (Å²) in [5.74, 6) is -0.210. The van der Waals surface area contributed by atoms with Crippen LogP contribution in [0.15, 0.2) is 36.5 Å². The first-order valence-electron chi connectivity index (χ1n) is 7.14. The lowest BCUT2D eigenvalue weighted by Crippen LogP contribution is -2.16. The summed E-state index contributed by atoms with van der Waals surface area (Å²) in [6, 6.07) is 9.20. The van der Waals surface area contributed by atoms with Gasteiger partial charge >= 0.3 is 5.97 Å². The number of aliphatic hydroxyl groups is 1. The molecular formula is C16H17N3O4. The average Bonchev–Trinajstić information content (AvgIpc) is 2.56. The first-order chi connectivity index (χ1) is 11.2. The molecule has 2 rings (SSSR count). The van der Waals surface area contributed by atoms with Crippen LogP contribution in [0.1, 0.15) is 23.0 Å². The smallest absolute Gasteiger partial charge is 0.342 e. The van der Waals surface area contributed by atoms with Gasteiger partial charge in [-0.15, -0.1) is 0 Å². The van der Waals surface area contributed by atoms with E-state index in [9.17, 15) is 10.0 Å². The van der Waals surface area contributed by atoms with E-state index < -0.39 is 5.97 Å². The van der Waals surface area contributed by atoms with Crippen LogP contribution in [0.5, 0.6) is 0 Å². The molecule has 0 spiro atoms. The highest BCUT2D eigenvalue weighted by molar-refractivity contribution is 5.97. The maximum absolute atomic E-state index is 12.0. The topological polar surface area (TPSA) is 98.4 Å². The highest BCUT2D eigenvalue weighted by Gasteiger charge is 2.17. The normalized spacial score (nSPS) is 11.3. The largest absolute Gasteiger partial charge is 0.624 e.